The molecule has 122 valence electrons. The highest BCUT2D eigenvalue weighted by Gasteiger charge is 2.29. The molecule has 0 aliphatic carbocycles. The third-order valence-electron chi connectivity index (χ3n) is 4.76. The zero-order chi connectivity index (χ0) is 16.4. The van der Waals surface area contributed by atoms with Crippen LogP contribution in [0.1, 0.15) is 54.9 Å². The lowest BCUT2D eigenvalue weighted by molar-refractivity contribution is -0.139. The number of imide groups is 1. The number of nitrogens with zero attached hydrogens (tertiary/aromatic N) is 2. The predicted molar refractivity (Wildman–Crippen MR) is 85.6 cm³/mol. The first-order valence-corrected chi connectivity index (χ1v) is 8.29. The minimum atomic E-state index is -0.114. The van der Waals surface area contributed by atoms with E-state index in [0.29, 0.717) is 24.9 Å². The molecule has 3 amide bonds. The Bertz CT molecular complexity index is 608. The van der Waals surface area contributed by atoms with Crippen molar-refractivity contribution in [3.05, 3.63) is 35.4 Å². The molecule has 3 rings (SSSR count). The molecule has 2 heterocycles. The van der Waals surface area contributed by atoms with Crippen molar-refractivity contribution in [2.75, 3.05) is 6.54 Å². The molecule has 0 N–H and O–H groups in total. The molecular formula is C18H22N2O3. The van der Waals surface area contributed by atoms with E-state index in [9.17, 15) is 14.4 Å². The maximum Gasteiger partial charge on any atom is 0.254 e. The number of rotatable bonds is 3. The highest BCUT2D eigenvalue weighted by Crippen LogP contribution is 2.20. The van der Waals surface area contributed by atoms with Gasteiger partial charge in [0.25, 0.3) is 5.91 Å². The van der Waals surface area contributed by atoms with Gasteiger partial charge in [-0.05, 0) is 43.9 Å². The van der Waals surface area contributed by atoms with E-state index in [0.717, 1.165) is 24.9 Å². The first-order valence-electron chi connectivity index (χ1n) is 8.29. The summed E-state index contributed by atoms with van der Waals surface area (Å²) in [5.74, 6) is -0.160. The zero-order valence-electron chi connectivity index (χ0n) is 13.5. The van der Waals surface area contributed by atoms with Gasteiger partial charge in [-0.2, -0.15) is 0 Å². The van der Waals surface area contributed by atoms with Gasteiger partial charge in [-0.1, -0.05) is 12.1 Å². The average molecular weight is 314 g/mol. The summed E-state index contributed by atoms with van der Waals surface area (Å²) in [6.07, 6.45) is 3.92. The summed E-state index contributed by atoms with van der Waals surface area (Å²) in [4.78, 5) is 39.1. The molecule has 2 aliphatic rings. The van der Waals surface area contributed by atoms with Crippen LogP contribution in [0.4, 0.5) is 0 Å². The monoisotopic (exact) mass is 314 g/mol. The number of hydrogen-bond donors (Lipinski definition) is 0. The van der Waals surface area contributed by atoms with Crippen LogP contribution in [0.5, 0.6) is 0 Å². The Hall–Kier alpha value is -2.17. The zero-order valence-corrected chi connectivity index (χ0v) is 13.5. The highest BCUT2D eigenvalue weighted by atomic mass is 16.2. The van der Waals surface area contributed by atoms with Crippen molar-refractivity contribution < 1.29 is 14.4 Å². The van der Waals surface area contributed by atoms with Crippen LogP contribution in [0.3, 0.4) is 0 Å². The van der Waals surface area contributed by atoms with E-state index in [1.54, 1.807) is 12.1 Å². The Morgan fingerprint density at radius 2 is 1.74 bits per heavy atom. The lowest BCUT2D eigenvalue weighted by atomic mass is 10.0. The van der Waals surface area contributed by atoms with Gasteiger partial charge >= 0.3 is 0 Å². The average Bonchev–Trinajstić information content (AvgIpc) is 2.87. The summed E-state index contributed by atoms with van der Waals surface area (Å²) in [5.41, 5.74) is 1.54. The van der Waals surface area contributed by atoms with Gasteiger partial charge in [0.05, 0.1) is 6.54 Å². The molecule has 1 aromatic carbocycles. The summed E-state index contributed by atoms with van der Waals surface area (Å²) in [6.45, 7) is 3.21. The molecule has 0 unspecified atom stereocenters. The van der Waals surface area contributed by atoms with Crippen LogP contribution >= 0.6 is 0 Å². The van der Waals surface area contributed by atoms with E-state index in [2.05, 4.69) is 6.92 Å². The fourth-order valence-electron chi connectivity index (χ4n) is 3.30. The first-order chi connectivity index (χ1) is 11.1. The number of carbonyl (C=O) groups excluding carboxylic acids is 3. The van der Waals surface area contributed by atoms with Gasteiger partial charge in [-0.15, -0.1) is 0 Å². The minimum absolute atomic E-state index is 0.0667. The summed E-state index contributed by atoms with van der Waals surface area (Å²) >= 11 is 0. The lowest BCUT2D eigenvalue weighted by Gasteiger charge is -2.33. The minimum Gasteiger partial charge on any atom is -0.336 e. The standard InChI is InChI=1S/C18H22N2O3/c1-13-4-2-3-11-19(13)18(23)15-7-5-14(6-8-15)12-20-16(21)9-10-17(20)22/h5-8,13H,2-4,9-12H2,1H3/t13-/m1/s1. The molecule has 0 saturated carbocycles. The van der Waals surface area contributed by atoms with Gasteiger partial charge in [0, 0.05) is 31.0 Å². The topological polar surface area (TPSA) is 57.7 Å². The third kappa shape index (κ3) is 3.28. The fraction of sp³-hybridized carbons (Fsp3) is 0.500. The van der Waals surface area contributed by atoms with E-state index in [1.165, 1.54) is 11.3 Å². The van der Waals surface area contributed by atoms with Crippen molar-refractivity contribution in [1.82, 2.24) is 9.80 Å². The van der Waals surface area contributed by atoms with Crippen LogP contribution < -0.4 is 0 Å². The quantitative estimate of drug-likeness (QED) is 0.805. The van der Waals surface area contributed by atoms with Crippen molar-refractivity contribution in [3.63, 3.8) is 0 Å². The molecule has 2 saturated heterocycles. The van der Waals surface area contributed by atoms with Crippen LogP contribution in [0.25, 0.3) is 0 Å². The van der Waals surface area contributed by atoms with Gasteiger partial charge in [0.15, 0.2) is 0 Å². The van der Waals surface area contributed by atoms with E-state index >= 15 is 0 Å². The van der Waals surface area contributed by atoms with E-state index < -0.39 is 0 Å². The third-order valence-corrected chi connectivity index (χ3v) is 4.76. The largest absolute Gasteiger partial charge is 0.336 e. The summed E-state index contributed by atoms with van der Waals surface area (Å²) in [7, 11) is 0. The van der Waals surface area contributed by atoms with Gasteiger partial charge < -0.3 is 4.90 Å². The van der Waals surface area contributed by atoms with Crippen molar-refractivity contribution in [1.29, 1.82) is 0 Å². The van der Waals surface area contributed by atoms with Crippen LogP contribution in [0.15, 0.2) is 24.3 Å². The Labute approximate surface area is 136 Å². The molecule has 2 fully saturated rings. The second-order valence-electron chi connectivity index (χ2n) is 6.41. The second-order valence-corrected chi connectivity index (χ2v) is 6.41. The summed E-state index contributed by atoms with van der Waals surface area (Å²) < 4.78 is 0. The molecule has 0 spiro atoms. The molecule has 0 bridgehead atoms. The Kier molecular flexibility index (Phi) is 4.46. The molecule has 23 heavy (non-hydrogen) atoms. The molecule has 2 aliphatic heterocycles. The fourth-order valence-corrected chi connectivity index (χ4v) is 3.30. The number of likely N-dealkylation sites (tertiary alicyclic amines) is 2. The van der Waals surface area contributed by atoms with Crippen LogP contribution in [-0.4, -0.2) is 40.1 Å². The van der Waals surface area contributed by atoms with Gasteiger partial charge in [0.1, 0.15) is 0 Å². The number of benzene rings is 1. The highest BCUT2D eigenvalue weighted by molar-refractivity contribution is 6.01. The van der Waals surface area contributed by atoms with Crippen molar-refractivity contribution >= 4 is 17.7 Å². The Morgan fingerprint density at radius 3 is 2.35 bits per heavy atom. The smallest absolute Gasteiger partial charge is 0.254 e. The number of piperidine rings is 1. The van der Waals surface area contributed by atoms with E-state index in [1.807, 2.05) is 17.0 Å². The summed E-state index contributed by atoms with van der Waals surface area (Å²) in [5, 5.41) is 0. The molecule has 0 aromatic heterocycles. The normalized spacial score (nSPS) is 21.9. The van der Waals surface area contributed by atoms with Crippen LogP contribution in [-0.2, 0) is 16.1 Å². The van der Waals surface area contributed by atoms with E-state index in [4.69, 9.17) is 0 Å². The number of amides is 3. The molecule has 0 radical (unpaired) electrons. The molecule has 5 heteroatoms. The van der Waals surface area contributed by atoms with Crippen LogP contribution in [0.2, 0.25) is 0 Å². The van der Waals surface area contributed by atoms with Crippen molar-refractivity contribution in [3.8, 4) is 0 Å². The maximum absolute atomic E-state index is 12.6. The number of carbonyl (C=O) groups is 3. The first kappa shape index (κ1) is 15.7. The van der Waals surface area contributed by atoms with Gasteiger partial charge in [-0.25, -0.2) is 0 Å². The SMILES string of the molecule is C[C@@H]1CCCCN1C(=O)c1ccc(CN2C(=O)CCC2=O)cc1. The van der Waals surface area contributed by atoms with Crippen molar-refractivity contribution in [2.45, 2.75) is 51.6 Å². The lowest BCUT2D eigenvalue weighted by Crippen LogP contribution is -2.42. The maximum atomic E-state index is 12.6. The van der Waals surface area contributed by atoms with Gasteiger partial charge in [-0.3, -0.25) is 19.3 Å². The summed E-state index contributed by atoms with van der Waals surface area (Å²) in [6, 6.07) is 7.55. The Morgan fingerprint density at radius 1 is 1.09 bits per heavy atom. The second kappa shape index (κ2) is 6.52. The van der Waals surface area contributed by atoms with Crippen LogP contribution in [0, 0.1) is 0 Å². The Balaban J connectivity index is 1.68. The molecule has 1 atom stereocenters. The molecule has 5 nitrogen and oxygen atoms in total. The van der Waals surface area contributed by atoms with Crippen molar-refractivity contribution in [2.24, 2.45) is 0 Å². The molecular weight excluding hydrogens is 292 g/mol. The predicted octanol–water partition coefficient (Wildman–Crippen LogP) is 2.35. The van der Waals surface area contributed by atoms with Gasteiger partial charge in [0.2, 0.25) is 11.8 Å². The number of hydrogen-bond acceptors (Lipinski definition) is 3. The molecule has 1 aromatic rings. The van der Waals surface area contributed by atoms with E-state index in [-0.39, 0.29) is 23.8 Å².